The van der Waals surface area contributed by atoms with Gasteiger partial charge >= 0.3 is 5.97 Å². The molecule has 0 bridgehead atoms. The average Bonchev–Trinajstić information content (AvgIpc) is 2.62. The van der Waals surface area contributed by atoms with Crippen LogP contribution < -0.4 is 4.72 Å². The van der Waals surface area contributed by atoms with E-state index in [2.05, 4.69) is 4.72 Å². The van der Waals surface area contributed by atoms with Crippen molar-refractivity contribution in [1.29, 1.82) is 0 Å². The van der Waals surface area contributed by atoms with E-state index in [4.69, 9.17) is 4.74 Å². The topological polar surface area (TPSA) is 72.5 Å². The number of sulfonamides is 1. The number of hydrogen-bond donors (Lipinski definition) is 1. The number of rotatable bonds is 4. The summed E-state index contributed by atoms with van der Waals surface area (Å²) >= 11 is 0. The highest BCUT2D eigenvalue weighted by molar-refractivity contribution is 7.92. The van der Waals surface area contributed by atoms with Crippen molar-refractivity contribution in [3.05, 3.63) is 71.8 Å². The number of hydrogen-bond acceptors (Lipinski definition) is 4. The van der Waals surface area contributed by atoms with Crippen molar-refractivity contribution in [3.8, 4) is 0 Å². The maximum absolute atomic E-state index is 12.7. The quantitative estimate of drug-likeness (QED) is 0.724. The molecule has 0 radical (unpaired) electrons. The Kier molecular flexibility index (Phi) is 4.46. The lowest BCUT2D eigenvalue weighted by atomic mass is 10.1. The van der Waals surface area contributed by atoms with Crippen molar-refractivity contribution in [2.45, 2.75) is 11.8 Å². The Hall–Kier alpha value is -2.86. The minimum Gasteiger partial charge on any atom is -0.465 e. The molecule has 3 aromatic rings. The van der Waals surface area contributed by atoms with Gasteiger partial charge in [0.1, 0.15) is 0 Å². The highest BCUT2D eigenvalue weighted by Crippen LogP contribution is 2.25. The average molecular weight is 355 g/mol. The fourth-order valence-corrected chi connectivity index (χ4v) is 3.77. The molecule has 0 aromatic heterocycles. The zero-order valence-corrected chi connectivity index (χ0v) is 14.6. The summed E-state index contributed by atoms with van der Waals surface area (Å²) in [6.07, 6.45) is 0. The van der Waals surface area contributed by atoms with E-state index in [1.54, 1.807) is 43.3 Å². The number of carbonyl (C=O) groups is 1. The van der Waals surface area contributed by atoms with Gasteiger partial charge in [0.25, 0.3) is 10.0 Å². The standard InChI is InChI=1S/C19H17NO4S/c1-13-17(19(21)24-2)8-5-9-18(13)20-25(22,23)16-11-10-14-6-3-4-7-15(14)12-16/h3-12,20H,1-2H3. The molecule has 0 fully saturated rings. The second kappa shape index (κ2) is 6.57. The van der Waals surface area contributed by atoms with Crippen molar-refractivity contribution >= 4 is 32.5 Å². The van der Waals surface area contributed by atoms with Gasteiger partial charge in [-0.05, 0) is 47.5 Å². The summed E-state index contributed by atoms with van der Waals surface area (Å²) in [5, 5.41) is 1.80. The summed E-state index contributed by atoms with van der Waals surface area (Å²) in [5.74, 6) is -0.510. The van der Waals surface area contributed by atoms with Crippen LogP contribution in [-0.4, -0.2) is 21.5 Å². The smallest absolute Gasteiger partial charge is 0.338 e. The third-order valence-corrected chi connectivity index (χ3v) is 5.38. The van der Waals surface area contributed by atoms with Crippen LogP contribution in [0.1, 0.15) is 15.9 Å². The monoisotopic (exact) mass is 355 g/mol. The summed E-state index contributed by atoms with van der Waals surface area (Å²) in [6.45, 7) is 1.67. The summed E-state index contributed by atoms with van der Waals surface area (Å²) < 4.78 is 32.7. The number of esters is 1. The SMILES string of the molecule is COC(=O)c1cccc(NS(=O)(=O)c2ccc3ccccc3c2)c1C. The van der Waals surface area contributed by atoms with E-state index in [1.807, 2.05) is 24.3 Å². The van der Waals surface area contributed by atoms with E-state index in [1.165, 1.54) is 7.11 Å². The van der Waals surface area contributed by atoms with Crippen LogP contribution in [0.3, 0.4) is 0 Å². The lowest BCUT2D eigenvalue weighted by molar-refractivity contribution is 0.0600. The van der Waals surface area contributed by atoms with Crippen molar-refractivity contribution in [1.82, 2.24) is 0 Å². The molecule has 0 spiro atoms. The van der Waals surface area contributed by atoms with Crippen molar-refractivity contribution < 1.29 is 17.9 Å². The number of benzene rings is 3. The van der Waals surface area contributed by atoms with Gasteiger partial charge in [-0.2, -0.15) is 0 Å². The molecule has 25 heavy (non-hydrogen) atoms. The van der Waals surface area contributed by atoms with Crippen LogP contribution in [0.2, 0.25) is 0 Å². The third-order valence-electron chi connectivity index (χ3n) is 4.01. The Bertz CT molecular complexity index is 1060. The minimum absolute atomic E-state index is 0.161. The van der Waals surface area contributed by atoms with Gasteiger partial charge in [-0.25, -0.2) is 13.2 Å². The molecular weight excluding hydrogens is 338 g/mol. The van der Waals surface area contributed by atoms with E-state index in [0.717, 1.165) is 10.8 Å². The molecule has 6 heteroatoms. The highest BCUT2D eigenvalue weighted by atomic mass is 32.2. The molecule has 0 aliphatic carbocycles. The van der Waals surface area contributed by atoms with E-state index in [-0.39, 0.29) is 4.90 Å². The molecule has 0 aliphatic heterocycles. The second-order valence-electron chi connectivity index (χ2n) is 5.58. The molecule has 0 unspecified atom stereocenters. The van der Waals surface area contributed by atoms with E-state index in [9.17, 15) is 13.2 Å². The zero-order valence-electron chi connectivity index (χ0n) is 13.8. The van der Waals surface area contributed by atoms with Crippen molar-refractivity contribution in [2.75, 3.05) is 11.8 Å². The van der Waals surface area contributed by atoms with Crippen LogP contribution in [0.25, 0.3) is 10.8 Å². The number of ether oxygens (including phenoxy) is 1. The Balaban J connectivity index is 2.00. The van der Waals surface area contributed by atoms with Gasteiger partial charge in [0, 0.05) is 0 Å². The summed E-state index contributed by atoms with van der Waals surface area (Å²) in [4.78, 5) is 11.9. The maximum atomic E-state index is 12.7. The molecule has 0 saturated carbocycles. The van der Waals surface area contributed by atoms with Gasteiger partial charge in [-0.3, -0.25) is 4.72 Å². The van der Waals surface area contributed by atoms with Gasteiger partial charge in [-0.15, -0.1) is 0 Å². The maximum Gasteiger partial charge on any atom is 0.338 e. The Morgan fingerprint density at radius 2 is 1.68 bits per heavy atom. The fraction of sp³-hybridized carbons (Fsp3) is 0.105. The van der Waals surface area contributed by atoms with Crippen LogP contribution in [0.5, 0.6) is 0 Å². The first kappa shape index (κ1) is 17.0. The first-order valence-corrected chi connectivity index (χ1v) is 9.10. The summed E-state index contributed by atoms with van der Waals surface area (Å²) in [7, 11) is -2.49. The Morgan fingerprint density at radius 3 is 2.40 bits per heavy atom. The zero-order chi connectivity index (χ0) is 18.0. The molecule has 0 saturated heterocycles. The van der Waals surface area contributed by atoms with Crippen LogP contribution in [0.4, 0.5) is 5.69 Å². The van der Waals surface area contributed by atoms with Gasteiger partial charge < -0.3 is 4.74 Å². The molecule has 0 heterocycles. The van der Waals surface area contributed by atoms with Crippen LogP contribution >= 0.6 is 0 Å². The van der Waals surface area contributed by atoms with E-state index in [0.29, 0.717) is 16.8 Å². The van der Waals surface area contributed by atoms with Crippen molar-refractivity contribution in [3.63, 3.8) is 0 Å². The summed E-state index contributed by atoms with van der Waals surface area (Å²) in [5.41, 5.74) is 1.18. The predicted molar refractivity (Wildman–Crippen MR) is 97.3 cm³/mol. The molecule has 3 aromatic carbocycles. The largest absolute Gasteiger partial charge is 0.465 e. The summed E-state index contributed by atoms with van der Waals surface area (Å²) in [6, 6.07) is 17.3. The molecule has 0 atom stereocenters. The van der Waals surface area contributed by atoms with Gasteiger partial charge in [0.05, 0.1) is 23.3 Å². The Labute approximate surface area is 146 Å². The predicted octanol–water partition coefficient (Wildman–Crippen LogP) is 3.74. The number of carbonyl (C=O) groups excluding carboxylic acids is 1. The highest BCUT2D eigenvalue weighted by Gasteiger charge is 2.18. The number of nitrogens with one attached hydrogen (secondary N) is 1. The van der Waals surface area contributed by atoms with Gasteiger partial charge in [0.15, 0.2) is 0 Å². The lowest BCUT2D eigenvalue weighted by Crippen LogP contribution is -2.15. The van der Waals surface area contributed by atoms with Crippen LogP contribution in [0.15, 0.2) is 65.6 Å². The first-order chi connectivity index (χ1) is 11.9. The number of methoxy groups -OCH3 is 1. The molecule has 3 rings (SSSR count). The van der Waals surface area contributed by atoms with Gasteiger partial charge in [-0.1, -0.05) is 36.4 Å². The first-order valence-electron chi connectivity index (χ1n) is 7.62. The number of anilines is 1. The Morgan fingerprint density at radius 1 is 0.960 bits per heavy atom. The number of fused-ring (bicyclic) bond motifs is 1. The molecular formula is C19H17NO4S. The van der Waals surface area contributed by atoms with E-state index >= 15 is 0 Å². The fourth-order valence-electron chi connectivity index (χ4n) is 2.62. The molecule has 128 valence electrons. The third kappa shape index (κ3) is 3.34. The second-order valence-corrected chi connectivity index (χ2v) is 7.27. The minimum atomic E-state index is -3.78. The lowest BCUT2D eigenvalue weighted by Gasteiger charge is -2.13. The normalized spacial score (nSPS) is 11.3. The molecule has 0 amide bonds. The van der Waals surface area contributed by atoms with Gasteiger partial charge in [0.2, 0.25) is 0 Å². The van der Waals surface area contributed by atoms with Crippen LogP contribution in [-0.2, 0) is 14.8 Å². The molecule has 0 aliphatic rings. The van der Waals surface area contributed by atoms with E-state index < -0.39 is 16.0 Å². The molecule has 5 nitrogen and oxygen atoms in total. The van der Waals surface area contributed by atoms with Crippen molar-refractivity contribution in [2.24, 2.45) is 0 Å². The molecule has 1 N–H and O–H groups in total. The van der Waals surface area contributed by atoms with Crippen LogP contribution in [0, 0.1) is 6.92 Å².